The molecule has 146 valence electrons. The summed E-state index contributed by atoms with van der Waals surface area (Å²) in [6.45, 7) is 4.47. The fourth-order valence-electron chi connectivity index (χ4n) is 4.57. The van der Waals surface area contributed by atoms with Crippen molar-refractivity contribution in [2.45, 2.75) is 38.6 Å². The normalized spacial score (nSPS) is 17.4. The van der Waals surface area contributed by atoms with Crippen molar-refractivity contribution in [2.75, 3.05) is 19.6 Å². The van der Waals surface area contributed by atoms with E-state index in [1.807, 2.05) is 24.3 Å². The van der Waals surface area contributed by atoms with Crippen molar-refractivity contribution in [3.8, 4) is 0 Å². The Morgan fingerprint density at radius 2 is 1.75 bits per heavy atom. The molecule has 0 bridgehead atoms. The summed E-state index contributed by atoms with van der Waals surface area (Å²) in [5.41, 5.74) is 1.42. The SMILES string of the molecule is O=c1c2ccccc2sc2ccc(CN3CCC[N+]4=C3CCCCC4)cc12.[Br-]. The van der Waals surface area contributed by atoms with Gasteiger partial charge in [-0.3, -0.25) is 14.3 Å². The summed E-state index contributed by atoms with van der Waals surface area (Å²) in [6.07, 6.45) is 6.40. The maximum absolute atomic E-state index is 13.0. The molecule has 1 aromatic heterocycles. The average molecular weight is 457 g/mol. The van der Waals surface area contributed by atoms with Gasteiger partial charge in [-0.15, -0.1) is 11.3 Å². The molecule has 0 aliphatic carbocycles. The maximum atomic E-state index is 13.0. The van der Waals surface area contributed by atoms with Crippen LogP contribution in [0.5, 0.6) is 0 Å². The van der Waals surface area contributed by atoms with Gasteiger partial charge in [0.25, 0.3) is 0 Å². The van der Waals surface area contributed by atoms with Gasteiger partial charge < -0.3 is 17.0 Å². The van der Waals surface area contributed by atoms with Crippen LogP contribution in [0.25, 0.3) is 20.2 Å². The van der Waals surface area contributed by atoms with E-state index in [-0.39, 0.29) is 22.4 Å². The van der Waals surface area contributed by atoms with Crippen molar-refractivity contribution in [1.82, 2.24) is 4.90 Å². The quantitative estimate of drug-likeness (QED) is 0.431. The first kappa shape index (κ1) is 19.6. The fraction of sp³-hybridized carbons (Fsp3) is 0.391. The third-order valence-corrected chi connectivity index (χ3v) is 7.08. The van der Waals surface area contributed by atoms with Gasteiger partial charge in [0.1, 0.15) is 6.54 Å². The predicted molar refractivity (Wildman–Crippen MR) is 114 cm³/mol. The van der Waals surface area contributed by atoms with Gasteiger partial charge >= 0.3 is 0 Å². The molecule has 0 fully saturated rings. The van der Waals surface area contributed by atoms with Crippen molar-refractivity contribution >= 4 is 37.3 Å². The van der Waals surface area contributed by atoms with Crippen LogP contribution in [0.4, 0.5) is 0 Å². The minimum atomic E-state index is 0. The minimum absolute atomic E-state index is 0. The van der Waals surface area contributed by atoms with Crippen molar-refractivity contribution in [2.24, 2.45) is 0 Å². The third kappa shape index (κ3) is 3.62. The summed E-state index contributed by atoms with van der Waals surface area (Å²) in [7, 11) is 0. The van der Waals surface area contributed by atoms with Gasteiger partial charge in [-0.05, 0) is 49.1 Å². The van der Waals surface area contributed by atoms with E-state index in [1.165, 1.54) is 56.6 Å². The number of rotatable bonds is 2. The van der Waals surface area contributed by atoms with Gasteiger partial charge in [0.2, 0.25) is 5.84 Å². The Morgan fingerprint density at radius 1 is 0.929 bits per heavy atom. The molecule has 2 aliphatic heterocycles. The first-order valence-corrected chi connectivity index (χ1v) is 10.9. The largest absolute Gasteiger partial charge is 1.00 e. The zero-order valence-corrected chi connectivity index (χ0v) is 18.4. The summed E-state index contributed by atoms with van der Waals surface area (Å²) in [5, 5.41) is 1.71. The molecule has 3 heterocycles. The molecule has 0 unspecified atom stereocenters. The first-order chi connectivity index (χ1) is 13.3. The van der Waals surface area contributed by atoms with Crippen LogP contribution in [0.2, 0.25) is 0 Å². The van der Waals surface area contributed by atoms with E-state index in [1.54, 1.807) is 11.3 Å². The molecule has 2 aromatic carbocycles. The summed E-state index contributed by atoms with van der Waals surface area (Å²) in [6, 6.07) is 14.4. The van der Waals surface area contributed by atoms with E-state index in [9.17, 15) is 4.79 Å². The number of benzene rings is 2. The topological polar surface area (TPSA) is 23.3 Å². The molecule has 28 heavy (non-hydrogen) atoms. The Morgan fingerprint density at radius 3 is 2.68 bits per heavy atom. The van der Waals surface area contributed by atoms with Gasteiger partial charge in [0, 0.05) is 33.0 Å². The Bertz CT molecular complexity index is 1100. The van der Waals surface area contributed by atoms with Crippen LogP contribution < -0.4 is 22.4 Å². The van der Waals surface area contributed by atoms with E-state index in [2.05, 4.69) is 27.7 Å². The molecule has 0 N–H and O–H groups in total. The maximum Gasteiger partial charge on any atom is 0.247 e. The van der Waals surface area contributed by atoms with Crippen LogP contribution in [-0.2, 0) is 6.54 Å². The van der Waals surface area contributed by atoms with Gasteiger partial charge in [-0.2, -0.15) is 0 Å². The van der Waals surface area contributed by atoms with Gasteiger partial charge in [-0.1, -0.05) is 18.2 Å². The molecule has 3 aromatic rings. The van der Waals surface area contributed by atoms with Crippen molar-refractivity contribution in [3.63, 3.8) is 0 Å². The van der Waals surface area contributed by atoms with E-state index < -0.39 is 0 Å². The number of amidine groups is 1. The highest BCUT2D eigenvalue weighted by molar-refractivity contribution is 7.24. The van der Waals surface area contributed by atoms with Gasteiger partial charge in [0.05, 0.1) is 19.6 Å². The molecule has 0 radical (unpaired) electrons. The van der Waals surface area contributed by atoms with Crippen LogP contribution in [0, 0.1) is 0 Å². The second kappa shape index (κ2) is 8.34. The monoisotopic (exact) mass is 456 g/mol. The molecular weight excluding hydrogens is 432 g/mol. The van der Waals surface area contributed by atoms with Gasteiger partial charge in [-0.25, -0.2) is 0 Å². The van der Waals surface area contributed by atoms with Crippen LogP contribution in [0.1, 0.15) is 37.7 Å². The molecule has 0 amide bonds. The number of hydrogen-bond acceptors (Lipinski definition) is 3. The van der Waals surface area contributed by atoms with Crippen molar-refractivity contribution in [1.29, 1.82) is 0 Å². The Hall–Kier alpha value is -1.72. The summed E-state index contributed by atoms with van der Waals surface area (Å²) in [4.78, 5) is 15.5. The zero-order chi connectivity index (χ0) is 18.2. The van der Waals surface area contributed by atoms with E-state index >= 15 is 0 Å². The Labute approximate surface area is 180 Å². The highest BCUT2D eigenvalue weighted by atomic mass is 79.9. The predicted octanol–water partition coefficient (Wildman–Crippen LogP) is 1.61. The summed E-state index contributed by atoms with van der Waals surface area (Å²) < 4.78 is 4.76. The van der Waals surface area contributed by atoms with Gasteiger partial charge in [0.15, 0.2) is 5.43 Å². The smallest absolute Gasteiger partial charge is 0.247 e. The van der Waals surface area contributed by atoms with Crippen LogP contribution in [0.15, 0.2) is 47.3 Å². The third-order valence-electron chi connectivity index (χ3n) is 5.93. The lowest BCUT2D eigenvalue weighted by molar-refractivity contribution is -0.539. The van der Waals surface area contributed by atoms with Crippen LogP contribution >= 0.6 is 11.3 Å². The highest BCUT2D eigenvalue weighted by Crippen LogP contribution is 2.26. The number of nitrogens with zero attached hydrogens (tertiary/aromatic N) is 2. The summed E-state index contributed by atoms with van der Waals surface area (Å²) in [5.74, 6) is 1.53. The lowest BCUT2D eigenvalue weighted by Gasteiger charge is -2.26. The van der Waals surface area contributed by atoms with Crippen molar-refractivity contribution in [3.05, 3.63) is 58.3 Å². The summed E-state index contributed by atoms with van der Waals surface area (Å²) >= 11 is 1.71. The van der Waals surface area contributed by atoms with E-state index in [4.69, 9.17) is 0 Å². The van der Waals surface area contributed by atoms with E-state index in [0.29, 0.717) is 0 Å². The highest BCUT2D eigenvalue weighted by Gasteiger charge is 2.28. The van der Waals surface area contributed by atoms with Crippen LogP contribution in [-0.4, -0.2) is 34.9 Å². The lowest BCUT2D eigenvalue weighted by Crippen LogP contribution is -3.00. The van der Waals surface area contributed by atoms with E-state index in [0.717, 1.165) is 33.3 Å². The minimum Gasteiger partial charge on any atom is -1.00 e. The molecule has 2 aliphatic rings. The second-order valence-electron chi connectivity index (χ2n) is 7.75. The molecule has 0 saturated carbocycles. The Balaban J connectivity index is 0.00000192. The first-order valence-electron chi connectivity index (χ1n) is 10.1. The molecule has 0 atom stereocenters. The molecule has 3 nitrogen and oxygen atoms in total. The number of halogens is 1. The lowest BCUT2D eigenvalue weighted by atomic mass is 10.1. The number of hydrogen-bond donors (Lipinski definition) is 0. The zero-order valence-electron chi connectivity index (χ0n) is 16.0. The van der Waals surface area contributed by atoms with Crippen LogP contribution in [0.3, 0.4) is 0 Å². The molecule has 0 saturated heterocycles. The average Bonchev–Trinajstić information content (AvgIpc) is 2.95. The van der Waals surface area contributed by atoms with Crippen molar-refractivity contribution < 1.29 is 21.6 Å². The molecular formula is C23H25BrN2OS. The number of fused-ring (bicyclic) bond motifs is 2. The molecule has 0 spiro atoms. The fourth-order valence-corrected chi connectivity index (χ4v) is 5.62. The second-order valence-corrected chi connectivity index (χ2v) is 8.83. The molecule has 5 rings (SSSR count). The Kier molecular flexibility index (Phi) is 5.83. The standard InChI is InChI=1S/C23H25N2OS.BrH/c26-23-18-7-3-4-8-20(18)27-21-11-10-17(15-19(21)23)16-25-14-6-13-24-12-5-1-2-9-22(24)25;/h3-4,7-8,10-11,15H,1-2,5-6,9,12-14,16H2;1H/q+1;/p-1. The molecule has 5 heteroatoms.